The molecular weight excluding hydrogens is 330 g/mol. The van der Waals surface area contributed by atoms with Gasteiger partial charge in [-0.1, -0.05) is 25.0 Å². The molecule has 1 unspecified atom stereocenters. The van der Waals surface area contributed by atoms with Crippen LogP contribution in [-0.2, 0) is 11.3 Å². The number of carbonyl (C=O) groups is 1. The van der Waals surface area contributed by atoms with Crippen LogP contribution in [0.15, 0.2) is 24.3 Å². The van der Waals surface area contributed by atoms with Crippen molar-refractivity contribution < 1.29 is 9.72 Å². The zero-order valence-corrected chi connectivity index (χ0v) is 15.6. The number of non-ortho nitro benzene ring substituents is 1. The molecule has 0 aliphatic carbocycles. The van der Waals surface area contributed by atoms with E-state index in [0.717, 1.165) is 57.4 Å². The van der Waals surface area contributed by atoms with E-state index in [0.29, 0.717) is 12.0 Å². The van der Waals surface area contributed by atoms with E-state index in [2.05, 4.69) is 9.80 Å². The van der Waals surface area contributed by atoms with Gasteiger partial charge in [-0.25, -0.2) is 0 Å². The Labute approximate surface area is 155 Å². The molecule has 2 fully saturated rings. The first-order chi connectivity index (χ1) is 12.5. The van der Waals surface area contributed by atoms with Gasteiger partial charge in [-0.3, -0.25) is 19.8 Å². The number of nitro benzene ring substituents is 1. The number of hydrogen-bond donors (Lipinski definition) is 0. The summed E-state index contributed by atoms with van der Waals surface area (Å²) in [5.41, 5.74) is 1.26. The van der Waals surface area contributed by atoms with Gasteiger partial charge in [0.2, 0.25) is 5.91 Å². The average Bonchev–Trinajstić information content (AvgIpc) is 2.89. The monoisotopic (exact) mass is 359 g/mol. The highest BCUT2D eigenvalue weighted by Gasteiger charge is 2.32. The summed E-state index contributed by atoms with van der Waals surface area (Å²) < 4.78 is 0. The van der Waals surface area contributed by atoms with Crippen molar-refractivity contribution in [2.24, 2.45) is 5.92 Å². The Kier molecular flexibility index (Phi) is 6.25. The molecule has 1 amide bonds. The summed E-state index contributed by atoms with van der Waals surface area (Å²) in [6.07, 6.45) is 7.00. The summed E-state index contributed by atoms with van der Waals surface area (Å²) in [5.74, 6) is 0.829. The Bertz CT molecular complexity index is 624. The molecule has 2 heterocycles. The number of rotatable bonds is 4. The molecule has 1 aromatic carbocycles. The van der Waals surface area contributed by atoms with Crippen LogP contribution < -0.4 is 0 Å². The maximum Gasteiger partial charge on any atom is 0.269 e. The first kappa shape index (κ1) is 18.8. The van der Waals surface area contributed by atoms with E-state index in [1.165, 1.54) is 12.8 Å². The molecule has 6 heteroatoms. The van der Waals surface area contributed by atoms with E-state index in [1.54, 1.807) is 19.1 Å². The minimum atomic E-state index is -0.358. The van der Waals surface area contributed by atoms with Crippen molar-refractivity contribution in [2.45, 2.75) is 58.0 Å². The van der Waals surface area contributed by atoms with Crippen molar-refractivity contribution in [3.05, 3.63) is 39.9 Å². The lowest BCUT2D eigenvalue weighted by Gasteiger charge is -2.40. The number of hydrogen-bond acceptors (Lipinski definition) is 4. The summed E-state index contributed by atoms with van der Waals surface area (Å²) >= 11 is 0. The molecule has 0 aromatic heterocycles. The molecule has 0 spiro atoms. The smallest absolute Gasteiger partial charge is 0.269 e. The fraction of sp³-hybridized carbons (Fsp3) is 0.650. The zero-order chi connectivity index (χ0) is 18.5. The lowest BCUT2D eigenvalue weighted by atomic mass is 9.86. The van der Waals surface area contributed by atoms with Gasteiger partial charge < -0.3 is 4.90 Å². The van der Waals surface area contributed by atoms with Crippen molar-refractivity contribution in [1.82, 2.24) is 9.80 Å². The molecule has 2 saturated heterocycles. The van der Waals surface area contributed by atoms with Crippen LogP contribution in [0.4, 0.5) is 5.69 Å². The predicted octanol–water partition coefficient (Wildman–Crippen LogP) is 3.60. The first-order valence-corrected chi connectivity index (χ1v) is 9.77. The Morgan fingerprint density at radius 2 is 1.77 bits per heavy atom. The van der Waals surface area contributed by atoms with Gasteiger partial charge in [0.15, 0.2) is 0 Å². The van der Waals surface area contributed by atoms with E-state index in [1.807, 2.05) is 12.1 Å². The normalized spacial score (nSPS) is 22.8. The standard InChI is InChI=1S/C20H29N3O3/c1-16(24)22-12-4-2-3-5-20(22)18-10-13-21(14-11-18)15-17-6-8-19(9-7-17)23(25)26/h6-9,18,20H,2-5,10-15H2,1H3. The lowest BCUT2D eigenvalue weighted by molar-refractivity contribution is -0.384. The molecule has 0 bridgehead atoms. The molecule has 0 saturated carbocycles. The Balaban J connectivity index is 1.54. The number of nitrogens with zero attached hydrogens (tertiary/aromatic N) is 3. The van der Waals surface area contributed by atoms with E-state index in [4.69, 9.17) is 0 Å². The van der Waals surface area contributed by atoms with E-state index >= 15 is 0 Å². The van der Waals surface area contributed by atoms with Gasteiger partial charge in [0, 0.05) is 38.2 Å². The highest BCUT2D eigenvalue weighted by molar-refractivity contribution is 5.73. The van der Waals surface area contributed by atoms with Gasteiger partial charge in [0.25, 0.3) is 5.69 Å². The van der Waals surface area contributed by atoms with Crippen LogP contribution >= 0.6 is 0 Å². The second kappa shape index (κ2) is 8.62. The maximum atomic E-state index is 12.1. The second-order valence-electron chi connectivity index (χ2n) is 7.67. The van der Waals surface area contributed by atoms with Gasteiger partial charge in [-0.2, -0.15) is 0 Å². The molecule has 1 aromatic rings. The lowest BCUT2D eigenvalue weighted by Crippen LogP contribution is -2.47. The second-order valence-corrected chi connectivity index (χ2v) is 7.67. The quantitative estimate of drug-likeness (QED) is 0.608. The molecule has 26 heavy (non-hydrogen) atoms. The predicted molar refractivity (Wildman–Crippen MR) is 101 cm³/mol. The van der Waals surface area contributed by atoms with Crippen molar-refractivity contribution in [2.75, 3.05) is 19.6 Å². The third-order valence-electron chi connectivity index (χ3n) is 5.93. The molecule has 142 valence electrons. The zero-order valence-electron chi connectivity index (χ0n) is 15.6. The van der Waals surface area contributed by atoms with Gasteiger partial charge >= 0.3 is 0 Å². The van der Waals surface area contributed by atoms with Crippen LogP contribution in [0.2, 0.25) is 0 Å². The molecule has 2 aliphatic heterocycles. The molecule has 6 nitrogen and oxygen atoms in total. The summed E-state index contributed by atoms with van der Waals surface area (Å²) in [6.45, 7) is 5.53. The summed E-state index contributed by atoms with van der Waals surface area (Å²) in [6, 6.07) is 7.29. The molecule has 0 radical (unpaired) electrons. The van der Waals surface area contributed by atoms with E-state index < -0.39 is 0 Å². The van der Waals surface area contributed by atoms with Gasteiger partial charge in [0.1, 0.15) is 0 Å². The number of likely N-dealkylation sites (tertiary alicyclic amines) is 2. The van der Waals surface area contributed by atoms with E-state index in [9.17, 15) is 14.9 Å². The average molecular weight is 359 g/mol. The summed E-state index contributed by atoms with van der Waals surface area (Å²) in [5, 5.41) is 10.8. The molecule has 1 atom stereocenters. The Morgan fingerprint density at radius 3 is 2.38 bits per heavy atom. The molecule has 0 N–H and O–H groups in total. The highest BCUT2D eigenvalue weighted by atomic mass is 16.6. The highest BCUT2D eigenvalue weighted by Crippen LogP contribution is 2.30. The molecule has 2 aliphatic rings. The number of carbonyl (C=O) groups excluding carboxylic acids is 1. The maximum absolute atomic E-state index is 12.1. The molecular formula is C20H29N3O3. The third-order valence-corrected chi connectivity index (χ3v) is 5.93. The number of benzene rings is 1. The number of amides is 1. The third kappa shape index (κ3) is 4.61. The number of piperidine rings is 1. The van der Waals surface area contributed by atoms with Gasteiger partial charge in [0.05, 0.1) is 4.92 Å². The topological polar surface area (TPSA) is 66.7 Å². The van der Waals surface area contributed by atoms with Crippen molar-refractivity contribution in [3.63, 3.8) is 0 Å². The SMILES string of the molecule is CC(=O)N1CCCCCC1C1CCN(Cc2ccc([N+](=O)[O-])cc2)CC1. The van der Waals surface area contributed by atoms with E-state index in [-0.39, 0.29) is 16.5 Å². The Morgan fingerprint density at radius 1 is 1.08 bits per heavy atom. The van der Waals surface area contributed by atoms with Gasteiger partial charge in [-0.05, 0) is 50.3 Å². The summed E-state index contributed by atoms with van der Waals surface area (Å²) in [4.78, 5) is 27.0. The van der Waals surface area contributed by atoms with Crippen LogP contribution in [0.1, 0.15) is 51.0 Å². The van der Waals surface area contributed by atoms with Crippen molar-refractivity contribution in [3.8, 4) is 0 Å². The van der Waals surface area contributed by atoms with Crippen LogP contribution in [0.3, 0.4) is 0 Å². The largest absolute Gasteiger partial charge is 0.340 e. The Hall–Kier alpha value is -1.95. The minimum Gasteiger partial charge on any atom is -0.340 e. The van der Waals surface area contributed by atoms with Crippen molar-refractivity contribution >= 4 is 11.6 Å². The van der Waals surface area contributed by atoms with Crippen LogP contribution in [0.25, 0.3) is 0 Å². The fourth-order valence-corrected chi connectivity index (χ4v) is 4.49. The van der Waals surface area contributed by atoms with Crippen LogP contribution in [-0.4, -0.2) is 46.3 Å². The van der Waals surface area contributed by atoms with Crippen LogP contribution in [0.5, 0.6) is 0 Å². The van der Waals surface area contributed by atoms with Crippen molar-refractivity contribution in [1.29, 1.82) is 0 Å². The summed E-state index contributed by atoms with van der Waals surface area (Å²) in [7, 11) is 0. The minimum absolute atomic E-state index is 0.144. The van der Waals surface area contributed by atoms with Crippen LogP contribution in [0, 0.1) is 16.0 Å². The fourth-order valence-electron chi connectivity index (χ4n) is 4.49. The number of nitro groups is 1. The van der Waals surface area contributed by atoms with Gasteiger partial charge in [-0.15, -0.1) is 0 Å². The first-order valence-electron chi connectivity index (χ1n) is 9.77. The molecule has 3 rings (SSSR count).